The third-order valence-corrected chi connectivity index (χ3v) is 3.58. The highest BCUT2D eigenvalue weighted by atomic mass is 16.6. The molecule has 144 valence electrons. The third-order valence-electron chi connectivity index (χ3n) is 3.58. The molecule has 2 atom stereocenters. The number of carboxylic acids is 2. The summed E-state index contributed by atoms with van der Waals surface area (Å²) < 4.78 is 10.5. The van der Waals surface area contributed by atoms with Gasteiger partial charge in [0.15, 0.2) is 17.7 Å². The first kappa shape index (κ1) is 20.2. The normalized spacial score (nSPS) is 14.4. The average molecular weight is 377 g/mol. The molecule has 0 amide bonds. The summed E-state index contributed by atoms with van der Waals surface area (Å²) in [5.41, 5.74) is -2.84. The predicted molar refractivity (Wildman–Crippen MR) is 91.0 cm³/mol. The number of aliphatic hydroxyl groups is 1. The fourth-order valence-electron chi connectivity index (χ4n) is 2.47. The lowest BCUT2D eigenvalue weighted by atomic mass is 9.90. The number of aliphatic carboxylic acids is 2. The molecule has 0 saturated heterocycles. The Labute approximate surface area is 154 Å². The van der Waals surface area contributed by atoms with E-state index in [1.54, 1.807) is 18.2 Å². The number of hydrogen-bond acceptors (Lipinski definition) is 8. The van der Waals surface area contributed by atoms with Crippen LogP contribution in [0, 0.1) is 0 Å². The molecule has 2 aromatic heterocycles. The van der Waals surface area contributed by atoms with E-state index in [4.69, 9.17) is 9.47 Å². The summed E-state index contributed by atoms with van der Waals surface area (Å²) in [5.74, 6) is -3.67. The van der Waals surface area contributed by atoms with Crippen molar-refractivity contribution in [3.05, 3.63) is 36.3 Å². The van der Waals surface area contributed by atoms with E-state index >= 15 is 0 Å². The first-order valence-corrected chi connectivity index (χ1v) is 7.89. The molecular weight excluding hydrogens is 358 g/mol. The van der Waals surface area contributed by atoms with Crippen LogP contribution in [-0.2, 0) is 19.9 Å². The van der Waals surface area contributed by atoms with Gasteiger partial charge in [0.1, 0.15) is 11.4 Å². The van der Waals surface area contributed by atoms with E-state index in [0.29, 0.717) is 5.69 Å². The zero-order valence-corrected chi connectivity index (χ0v) is 14.9. The molecule has 0 radical (unpaired) electrons. The van der Waals surface area contributed by atoms with Crippen LogP contribution in [0.4, 0.5) is 0 Å². The first-order chi connectivity index (χ1) is 12.7. The van der Waals surface area contributed by atoms with Crippen molar-refractivity contribution in [1.29, 1.82) is 0 Å². The zero-order valence-electron chi connectivity index (χ0n) is 14.9. The molecule has 0 bridgehead atoms. The molecule has 0 fully saturated rings. The molecule has 0 saturated carbocycles. The van der Waals surface area contributed by atoms with Crippen molar-refractivity contribution in [2.45, 2.75) is 31.7 Å². The lowest BCUT2D eigenvalue weighted by Gasteiger charge is -2.33. The number of carboxylic acid groups (broad SMARTS) is 2. The Morgan fingerprint density at radius 1 is 1.19 bits per heavy atom. The van der Waals surface area contributed by atoms with E-state index in [1.165, 1.54) is 33.4 Å². The number of nitrogens with zero attached hydrogens (tertiary/aromatic N) is 3. The first-order valence-electron chi connectivity index (χ1n) is 7.89. The number of carbonyl (C=O) groups is 2. The van der Waals surface area contributed by atoms with Gasteiger partial charge in [0.05, 0.1) is 19.4 Å². The van der Waals surface area contributed by atoms with E-state index in [2.05, 4.69) is 15.0 Å². The topological polar surface area (TPSA) is 152 Å². The minimum atomic E-state index is -2.72. The second kappa shape index (κ2) is 8.06. The Bertz CT molecular complexity index is 829. The lowest BCUT2D eigenvalue weighted by Crippen LogP contribution is -2.54. The number of aromatic nitrogens is 3. The Kier molecular flexibility index (Phi) is 6.03. The van der Waals surface area contributed by atoms with Gasteiger partial charge in [-0.1, -0.05) is 6.07 Å². The summed E-state index contributed by atoms with van der Waals surface area (Å²) in [6.07, 6.45) is -0.558. The standard InChI is InChI=1S/C17H19N3O7/c1-9(2)27-17(16(24)25,13(21)15(22)23)12-11(26-3)8-19-14(20-12)10-6-4-5-7-18-10/h4-9,13,21H,1-3H3,(H,22,23)(H,24,25). The van der Waals surface area contributed by atoms with Crippen LogP contribution >= 0.6 is 0 Å². The van der Waals surface area contributed by atoms with E-state index < -0.39 is 35.4 Å². The predicted octanol–water partition coefficient (Wildman–Crippen LogP) is 0.698. The monoisotopic (exact) mass is 377 g/mol. The molecule has 0 spiro atoms. The fraction of sp³-hybridized carbons (Fsp3) is 0.353. The lowest BCUT2D eigenvalue weighted by molar-refractivity contribution is -0.204. The summed E-state index contributed by atoms with van der Waals surface area (Å²) in [6.45, 7) is 3.00. The molecule has 0 aromatic carbocycles. The van der Waals surface area contributed by atoms with Crippen LogP contribution in [0.3, 0.4) is 0 Å². The molecule has 2 unspecified atom stereocenters. The number of hydrogen-bond donors (Lipinski definition) is 3. The van der Waals surface area contributed by atoms with Gasteiger partial charge in [0.2, 0.25) is 5.60 Å². The number of aliphatic hydroxyl groups excluding tert-OH is 1. The van der Waals surface area contributed by atoms with Gasteiger partial charge in [0.25, 0.3) is 0 Å². The molecule has 2 heterocycles. The van der Waals surface area contributed by atoms with Crippen molar-refractivity contribution in [1.82, 2.24) is 15.0 Å². The summed E-state index contributed by atoms with van der Waals surface area (Å²) in [7, 11) is 1.23. The van der Waals surface area contributed by atoms with Crippen LogP contribution in [0.2, 0.25) is 0 Å². The molecule has 0 aliphatic heterocycles. The van der Waals surface area contributed by atoms with Crippen molar-refractivity contribution < 1.29 is 34.4 Å². The van der Waals surface area contributed by atoms with Gasteiger partial charge >= 0.3 is 11.9 Å². The minimum absolute atomic E-state index is 0.0157. The highest BCUT2D eigenvalue weighted by Gasteiger charge is 2.56. The molecule has 2 rings (SSSR count). The van der Waals surface area contributed by atoms with E-state index in [9.17, 15) is 24.9 Å². The van der Waals surface area contributed by atoms with Crippen molar-refractivity contribution in [3.63, 3.8) is 0 Å². The van der Waals surface area contributed by atoms with Crippen LogP contribution in [0.15, 0.2) is 30.6 Å². The summed E-state index contributed by atoms with van der Waals surface area (Å²) >= 11 is 0. The Hall–Kier alpha value is -3.11. The van der Waals surface area contributed by atoms with Crippen LogP contribution in [0.25, 0.3) is 11.5 Å². The smallest absolute Gasteiger partial charge is 0.345 e. The third kappa shape index (κ3) is 3.86. The van der Waals surface area contributed by atoms with Gasteiger partial charge < -0.3 is 24.8 Å². The average Bonchev–Trinajstić information content (AvgIpc) is 2.65. The van der Waals surface area contributed by atoms with Crippen molar-refractivity contribution >= 4 is 11.9 Å². The van der Waals surface area contributed by atoms with Crippen molar-refractivity contribution in [3.8, 4) is 17.3 Å². The van der Waals surface area contributed by atoms with Crippen LogP contribution in [0.1, 0.15) is 19.5 Å². The Morgan fingerprint density at radius 3 is 2.37 bits per heavy atom. The number of methoxy groups -OCH3 is 1. The SMILES string of the molecule is COc1cnc(-c2ccccn2)nc1C(OC(C)C)(C(=O)O)C(O)C(=O)O. The summed E-state index contributed by atoms with van der Waals surface area (Å²) in [6, 6.07) is 4.94. The molecule has 0 aliphatic rings. The Morgan fingerprint density at radius 2 is 1.89 bits per heavy atom. The molecule has 27 heavy (non-hydrogen) atoms. The van der Waals surface area contributed by atoms with Gasteiger partial charge in [0, 0.05) is 6.20 Å². The molecule has 10 nitrogen and oxygen atoms in total. The van der Waals surface area contributed by atoms with E-state index in [-0.39, 0.29) is 11.6 Å². The second-order valence-corrected chi connectivity index (χ2v) is 5.77. The van der Waals surface area contributed by atoms with Crippen LogP contribution in [0.5, 0.6) is 5.75 Å². The van der Waals surface area contributed by atoms with Crippen LogP contribution < -0.4 is 4.74 Å². The van der Waals surface area contributed by atoms with E-state index in [0.717, 1.165) is 0 Å². The fourth-order valence-corrected chi connectivity index (χ4v) is 2.47. The number of rotatable bonds is 8. The quantitative estimate of drug-likeness (QED) is 0.599. The highest BCUT2D eigenvalue weighted by Crippen LogP contribution is 2.37. The second-order valence-electron chi connectivity index (χ2n) is 5.77. The van der Waals surface area contributed by atoms with Gasteiger partial charge in [-0.2, -0.15) is 0 Å². The van der Waals surface area contributed by atoms with Gasteiger partial charge in [-0.25, -0.2) is 19.6 Å². The van der Waals surface area contributed by atoms with Gasteiger partial charge in [-0.05, 0) is 26.0 Å². The maximum Gasteiger partial charge on any atom is 0.345 e. The van der Waals surface area contributed by atoms with Gasteiger partial charge in [-0.3, -0.25) is 4.98 Å². The summed E-state index contributed by atoms with van der Waals surface area (Å²) in [4.78, 5) is 35.9. The maximum absolute atomic E-state index is 12.1. The van der Waals surface area contributed by atoms with Gasteiger partial charge in [-0.15, -0.1) is 0 Å². The molecular formula is C17H19N3O7. The number of ether oxygens (including phenoxy) is 2. The Balaban J connectivity index is 2.80. The number of pyridine rings is 1. The molecule has 2 aromatic rings. The van der Waals surface area contributed by atoms with Crippen LogP contribution in [-0.4, -0.2) is 61.5 Å². The maximum atomic E-state index is 12.1. The van der Waals surface area contributed by atoms with Crippen molar-refractivity contribution in [2.24, 2.45) is 0 Å². The molecule has 0 aliphatic carbocycles. The van der Waals surface area contributed by atoms with E-state index in [1.807, 2.05) is 0 Å². The largest absolute Gasteiger partial charge is 0.493 e. The minimum Gasteiger partial charge on any atom is -0.493 e. The van der Waals surface area contributed by atoms with Crippen molar-refractivity contribution in [2.75, 3.05) is 7.11 Å². The summed E-state index contributed by atoms with van der Waals surface area (Å²) in [5, 5.41) is 29.4. The zero-order chi connectivity index (χ0) is 20.2. The molecule has 10 heteroatoms. The highest BCUT2D eigenvalue weighted by molar-refractivity contribution is 5.89. The molecule has 3 N–H and O–H groups in total.